The second-order valence-corrected chi connectivity index (χ2v) is 9.20. The molecule has 0 bridgehead atoms. The first-order chi connectivity index (χ1) is 12.3. The zero-order chi connectivity index (χ0) is 18.9. The Hall–Kier alpha value is -1.97. The summed E-state index contributed by atoms with van der Waals surface area (Å²) in [5.74, 6) is 0. The fraction of sp³-hybridized carbons (Fsp3) is 0.412. The van der Waals surface area contributed by atoms with E-state index < -0.39 is 14.8 Å². The predicted octanol–water partition coefficient (Wildman–Crippen LogP) is 2.94. The molecule has 0 spiro atoms. The summed E-state index contributed by atoms with van der Waals surface area (Å²) in [7, 11) is -3.67. The number of benzene rings is 1. The Morgan fingerprint density at radius 2 is 1.88 bits per heavy atom. The van der Waals surface area contributed by atoms with Gasteiger partial charge in [0.25, 0.3) is 5.69 Å². The molecule has 1 saturated heterocycles. The van der Waals surface area contributed by atoms with Crippen molar-refractivity contribution in [2.45, 2.75) is 17.9 Å². The third kappa shape index (κ3) is 3.89. The van der Waals surface area contributed by atoms with Gasteiger partial charge in [0, 0.05) is 50.2 Å². The summed E-state index contributed by atoms with van der Waals surface area (Å²) < 4.78 is 23.9. The van der Waals surface area contributed by atoms with Gasteiger partial charge in [-0.2, -0.15) is 11.3 Å². The highest BCUT2D eigenvalue weighted by molar-refractivity contribution is 7.90. The lowest BCUT2D eigenvalue weighted by Gasteiger charge is -2.39. The summed E-state index contributed by atoms with van der Waals surface area (Å²) in [5.41, 5.74) is 1.64. The summed E-state index contributed by atoms with van der Waals surface area (Å²) in [4.78, 5) is 14.7. The number of nitro benzene ring substituents is 1. The molecule has 1 aromatic heterocycles. The van der Waals surface area contributed by atoms with Crippen molar-refractivity contribution >= 4 is 32.5 Å². The zero-order valence-electron chi connectivity index (χ0n) is 14.7. The molecule has 140 valence electrons. The molecule has 2 heterocycles. The first-order valence-electron chi connectivity index (χ1n) is 8.27. The number of hydrogen-bond acceptors (Lipinski definition) is 7. The normalized spacial score (nSPS) is 17.2. The molecule has 1 unspecified atom stereocenters. The Morgan fingerprint density at radius 3 is 2.42 bits per heavy atom. The average molecular weight is 396 g/mol. The third-order valence-electron chi connectivity index (χ3n) is 4.79. The molecular weight excluding hydrogens is 374 g/mol. The molecule has 1 aliphatic rings. The van der Waals surface area contributed by atoms with Crippen molar-refractivity contribution in [1.29, 1.82) is 0 Å². The number of anilines is 1. The van der Waals surface area contributed by atoms with Crippen molar-refractivity contribution in [2.24, 2.45) is 0 Å². The van der Waals surface area contributed by atoms with E-state index in [1.54, 1.807) is 17.4 Å². The lowest BCUT2D eigenvalue weighted by Crippen LogP contribution is -2.47. The highest BCUT2D eigenvalue weighted by Crippen LogP contribution is 2.30. The van der Waals surface area contributed by atoms with Gasteiger partial charge in [-0.3, -0.25) is 15.0 Å². The van der Waals surface area contributed by atoms with E-state index in [0.29, 0.717) is 11.7 Å². The summed E-state index contributed by atoms with van der Waals surface area (Å²) in [5, 5.41) is 15.3. The van der Waals surface area contributed by atoms with Gasteiger partial charge in [0.15, 0.2) is 9.84 Å². The SMILES string of the molecule is CC(c1ccsc1)N1CCN(c2ccc([N+](=O)[O-])c(S(C)(=O)=O)c2)CC1. The molecule has 0 N–H and O–H groups in total. The predicted molar refractivity (Wildman–Crippen MR) is 103 cm³/mol. The smallest absolute Gasteiger partial charge is 0.288 e. The number of hydrogen-bond donors (Lipinski definition) is 0. The first kappa shape index (κ1) is 18.8. The summed E-state index contributed by atoms with van der Waals surface area (Å²) >= 11 is 1.69. The Kier molecular flexibility index (Phi) is 5.31. The minimum atomic E-state index is -3.67. The van der Waals surface area contributed by atoms with Crippen LogP contribution in [0.15, 0.2) is 39.9 Å². The summed E-state index contributed by atoms with van der Waals surface area (Å²) in [6.07, 6.45) is 1.000. The molecule has 0 aliphatic carbocycles. The molecule has 2 aromatic rings. The number of piperazine rings is 1. The molecule has 0 saturated carbocycles. The summed E-state index contributed by atoms with van der Waals surface area (Å²) in [6, 6.07) is 6.81. The first-order valence-corrected chi connectivity index (χ1v) is 11.1. The van der Waals surface area contributed by atoms with Gasteiger partial charge < -0.3 is 4.90 Å². The van der Waals surface area contributed by atoms with Crippen LogP contribution in [0.4, 0.5) is 11.4 Å². The van der Waals surface area contributed by atoms with Crippen molar-refractivity contribution in [3.63, 3.8) is 0 Å². The van der Waals surface area contributed by atoms with Crippen LogP contribution in [0, 0.1) is 10.1 Å². The summed E-state index contributed by atoms with van der Waals surface area (Å²) in [6.45, 7) is 5.38. The minimum Gasteiger partial charge on any atom is -0.369 e. The van der Waals surface area contributed by atoms with E-state index in [-0.39, 0.29) is 10.6 Å². The van der Waals surface area contributed by atoms with Gasteiger partial charge in [-0.15, -0.1) is 0 Å². The average Bonchev–Trinajstić information content (AvgIpc) is 3.14. The van der Waals surface area contributed by atoms with Gasteiger partial charge in [-0.1, -0.05) is 0 Å². The molecule has 9 heteroatoms. The van der Waals surface area contributed by atoms with Gasteiger partial charge in [0.05, 0.1) is 4.92 Å². The fourth-order valence-corrected chi connectivity index (χ4v) is 4.84. The van der Waals surface area contributed by atoms with Crippen LogP contribution in [0.25, 0.3) is 0 Å². The van der Waals surface area contributed by atoms with E-state index in [9.17, 15) is 18.5 Å². The molecule has 0 radical (unpaired) electrons. The lowest BCUT2D eigenvalue weighted by atomic mass is 10.1. The number of thiophene rings is 1. The van der Waals surface area contributed by atoms with Gasteiger partial charge in [0.2, 0.25) is 0 Å². The van der Waals surface area contributed by atoms with Crippen LogP contribution in [0.1, 0.15) is 18.5 Å². The van der Waals surface area contributed by atoms with Gasteiger partial charge >= 0.3 is 0 Å². The lowest BCUT2D eigenvalue weighted by molar-refractivity contribution is -0.387. The largest absolute Gasteiger partial charge is 0.369 e. The van der Waals surface area contributed by atoms with Crippen molar-refractivity contribution in [3.8, 4) is 0 Å². The standard InChI is InChI=1S/C17H21N3O4S2/c1-13(14-5-10-25-12-14)18-6-8-19(9-7-18)15-3-4-16(20(21)22)17(11-15)26(2,23)24/h3-5,10-13H,6-9H2,1-2H3. The van der Waals surface area contributed by atoms with Crippen LogP contribution in [0.5, 0.6) is 0 Å². The van der Waals surface area contributed by atoms with Crippen molar-refractivity contribution in [1.82, 2.24) is 4.90 Å². The maximum absolute atomic E-state index is 11.9. The second kappa shape index (κ2) is 7.34. The van der Waals surface area contributed by atoms with Crippen molar-refractivity contribution < 1.29 is 13.3 Å². The molecule has 1 aromatic carbocycles. The molecule has 26 heavy (non-hydrogen) atoms. The van der Waals surface area contributed by atoms with Crippen molar-refractivity contribution in [2.75, 3.05) is 37.3 Å². The van der Waals surface area contributed by atoms with Crippen LogP contribution < -0.4 is 4.90 Å². The molecule has 0 amide bonds. The molecular formula is C17H21N3O4S2. The van der Waals surface area contributed by atoms with Crippen LogP contribution in [0.2, 0.25) is 0 Å². The van der Waals surface area contributed by atoms with Gasteiger partial charge in [-0.05, 0) is 41.4 Å². The van der Waals surface area contributed by atoms with Crippen molar-refractivity contribution in [3.05, 3.63) is 50.7 Å². The fourth-order valence-electron chi connectivity index (χ4n) is 3.24. The maximum Gasteiger partial charge on any atom is 0.288 e. The minimum absolute atomic E-state index is 0.228. The van der Waals surface area contributed by atoms with Gasteiger partial charge in [-0.25, -0.2) is 8.42 Å². The maximum atomic E-state index is 11.9. The second-order valence-electron chi connectivity index (χ2n) is 6.44. The highest BCUT2D eigenvalue weighted by atomic mass is 32.2. The van der Waals surface area contributed by atoms with Crippen LogP contribution >= 0.6 is 11.3 Å². The number of nitrogens with zero attached hydrogens (tertiary/aromatic N) is 3. The molecule has 3 rings (SSSR count). The number of sulfone groups is 1. The van der Waals surface area contributed by atoms with Gasteiger partial charge in [0.1, 0.15) is 4.90 Å². The van der Waals surface area contributed by atoms with Crippen LogP contribution in [-0.2, 0) is 9.84 Å². The Bertz CT molecular complexity index is 889. The molecule has 7 nitrogen and oxygen atoms in total. The Labute approximate surface area is 156 Å². The van der Waals surface area contributed by atoms with E-state index in [1.807, 2.05) is 0 Å². The van der Waals surface area contributed by atoms with Crippen LogP contribution in [-0.4, -0.2) is 50.7 Å². The highest BCUT2D eigenvalue weighted by Gasteiger charge is 2.26. The molecule has 1 aliphatic heterocycles. The van der Waals surface area contributed by atoms with E-state index in [0.717, 1.165) is 32.4 Å². The number of nitro groups is 1. The topological polar surface area (TPSA) is 83.8 Å². The zero-order valence-corrected chi connectivity index (χ0v) is 16.3. The molecule has 1 fully saturated rings. The Morgan fingerprint density at radius 1 is 1.19 bits per heavy atom. The quantitative estimate of drug-likeness (QED) is 0.572. The van der Waals surface area contributed by atoms with E-state index in [1.165, 1.54) is 17.7 Å². The van der Waals surface area contributed by atoms with E-state index in [4.69, 9.17) is 0 Å². The van der Waals surface area contributed by atoms with Crippen LogP contribution in [0.3, 0.4) is 0 Å². The molecule has 1 atom stereocenters. The third-order valence-corrected chi connectivity index (χ3v) is 6.62. The monoisotopic (exact) mass is 395 g/mol. The van der Waals surface area contributed by atoms with E-state index >= 15 is 0 Å². The van der Waals surface area contributed by atoms with E-state index in [2.05, 4.69) is 33.6 Å². The number of rotatable bonds is 5. The Balaban J connectivity index is 1.76.